The molecule has 0 aliphatic rings. The number of carbonyl (C=O) groups is 2. The Morgan fingerprint density at radius 2 is 1.56 bits per heavy atom. The lowest BCUT2D eigenvalue weighted by Crippen LogP contribution is -2.32. The van der Waals surface area contributed by atoms with Crippen molar-refractivity contribution < 1.29 is 18.4 Å². The SMILES string of the molecule is N=C(NC(=O)Cc1coc2ccccc12)SC(N)CCSCCc1nnc(NC(=O)Cc2coc3ccccc23)s1. The Balaban J connectivity index is 0.956. The number of aryl methyl sites for hydroxylation is 1. The molecule has 13 heteroatoms. The van der Waals surface area contributed by atoms with Gasteiger partial charge in [0.15, 0.2) is 5.17 Å². The van der Waals surface area contributed by atoms with Crippen LogP contribution < -0.4 is 16.4 Å². The molecule has 0 aliphatic heterocycles. The fourth-order valence-corrected chi connectivity index (χ4v) is 6.83. The number of rotatable bonds is 12. The Labute approximate surface area is 248 Å². The molecule has 0 saturated carbocycles. The van der Waals surface area contributed by atoms with Crippen LogP contribution >= 0.6 is 34.9 Å². The van der Waals surface area contributed by atoms with E-state index in [0.29, 0.717) is 11.6 Å². The van der Waals surface area contributed by atoms with Gasteiger partial charge in [0.2, 0.25) is 16.9 Å². The molecule has 2 aromatic carbocycles. The maximum atomic E-state index is 12.5. The highest BCUT2D eigenvalue weighted by molar-refractivity contribution is 8.14. The van der Waals surface area contributed by atoms with Gasteiger partial charge in [0, 0.05) is 28.3 Å². The minimum atomic E-state index is -0.305. The second-order valence-electron chi connectivity index (χ2n) is 9.10. The van der Waals surface area contributed by atoms with E-state index >= 15 is 0 Å². The third-order valence-electron chi connectivity index (χ3n) is 6.07. The highest BCUT2D eigenvalue weighted by Gasteiger charge is 2.15. The number of aromatic nitrogens is 2. The zero-order chi connectivity index (χ0) is 28.6. The van der Waals surface area contributed by atoms with Crippen molar-refractivity contribution in [3.63, 3.8) is 0 Å². The molecule has 0 spiro atoms. The second kappa shape index (κ2) is 13.8. The van der Waals surface area contributed by atoms with E-state index in [4.69, 9.17) is 20.0 Å². The summed E-state index contributed by atoms with van der Waals surface area (Å²) >= 11 is 4.23. The van der Waals surface area contributed by atoms with E-state index < -0.39 is 0 Å². The predicted octanol–water partition coefficient (Wildman–Crippen LogP) is 5.19. The number of carbonyl (C=O) groups excluding carboxylic acids is 2. The lowest BCUT2D eigenvalue weighted by Gasteiger charge is -2.12. The summed E-state index contributed by atoms with van der Waals surface area (Å²) in [5, 5.41) is 24.6. The van der Waals surface area contributed by atoms with Crippen molar-refractivity contribution in [1.82, 2.24) is 15.5 Å². The number of amidine groups is 1. The van der Waals surface area contributed by atoms with Crippen molar-refractivity contribution in [3.05, 3.63) is 77.2 Å². The maximum Gasteiger partial charge on any atom is 0.230 e. The van der Waals surface area contributed by atoms with Crippen LogP contribution in [0.1, 0.15) is 22.6 Å². The molecule has 212 valence electrons. The number of amides is 2. The summed E-state index contributed by atoms with van der Waals surface area (Å²) in [7, 11) is 0. The van der Waals surface area contributed by atoms with Crippen LogP contribution in [0.25, 0.3) is 21.9 Å². The number of fused-ring (bicyclic) bond motifs is 2. The summed E-state index contributed by atoms with van der Waals surface area (Å²) < 4.78 is 11.0. The van der Waals surface area contributed by atoms with Crippen LogP contribution in [-0.2, 0) is 28.9 Å². The summed E-state index contributed by atoms with van der Waals surface area (Å²) in [5.74, 6) is 1.18. The quantitative estimate of drug-likeness (QED) is 0.0647. The number of anilines is 1. The molecule has 5 rings (SSSR count). The summed E-state index contributed by atoms with van der Waals surface area (Å²) in [6, 6.07) is 15.1. The first-order valence-corrected chi connectivity index (χ1v) is 15.7. The van der Waals surface area contributed by atoms with Gasteiger partial charge in [-0.05, 0) is 30.1 Å². The average molecular weight is 609 g/mol. The predicted molar refractivity (Wildman–Crippen MR) is 165 cm³/mol. The molecule has 0 saturated heterocycles. The molecule has 3 heterocycles. The van der Waals surface area contributed by atoms with E-state index in [-0.39, 0.29) is 35.2 Å². The molecule has 2 amide bonds. The molecule has 0 bridgehead atoms. The third-order valence-corrected chi connectivity index (χ3v) is 8.86. The van der Waals surface area contributed by atoms with Gasteiger partial charge in [0.05, 0.1) is 30.7 Å². The molecule has 0 radical (unpaired) electrons. The van der Waals surface area contributed by atoms with Crippen molar-refractivity contribution in [1.29, 1.82) is 5.41 Å². The Kier molecular flexibility index (Phi) is 9.72. The summed E-state index contributed by atoms with van der Waals surface area (Å²) in [5.41, 5.74) is 9.26. The van der Waals surface area contributed by atoms with Crippen LogP contribution in [0.4, 0.5) is 5.13 Å². The van der Waals surface area contributed by atoms with Crippen molar-refractivity contribution in [3.8, 4) is 0 Å². The molecule has 41 heavy (non-hydrogen) atoms. The van der Waals surface area contributed by atoms with Crippen LogP contribution in [0.3, 0.4) is 0 Å². The van der Waals surface area contributed by atoms with Gasteiger partial charge in [-0.3, -0.25) is 15.0 Å². The van der Waals surface area contributed by atoms with Crippen LogP contribution in [0.15, 0.2) is 69.9 Å². The summed E-state index contributed by atoms with van der Waals surface area (Å²) in [4.78, 5) is 24.8. The highest BCUT2D eigenvalue weighted by atomic mass is 32.2. The molecule has 5 N–H and O–H groups in total. The lowest BCUT2D eigenvalue weighted by atomic mass is 10.1. The Morgan fingerprint density at radius 1 is 0.927 bits per heavy atom. The van der Waals surface area contributed by atoms with E-state index in [1.807, 2.05) is 48.5 Å². The lowest BCUT2D eigenvalue weighted by molar-refractivity contribution is -0.119. The van der Waals surface area contributed by atoms with Crippen molar-refractivity contribution >= 4 is 78.9 Å². The van der Waals surface area contributed by atoms with Crippen LogP contribution in [0.2, 0.25) is 0 Å². The molecular formula is C28H28N6O4S3. The number of nitrogens with two attached hydrogens (primary N) is 1. The molecule has 0 aliphatic carbocycles. The molecule has 5 aromatic rings. The normalized spacial score (nSPS) is 12.0. The summed E-state index contributed by atoms with van der Waals surface area (Å²) in [6.45, 7) is 0. The number of hydrogen-bond acceptors (Lipinski definition) is 11. The third kappa shape index (κ3) is 7.97. The minimum Gasteiger partial charge on any atom is -0.464 e. The number of nitrogens with one attached hydrogen (secondary N) is 3. The maximum absolute atomic E-state index is 12.5. The molecular weight excluding hydrogens is 581 g/mol. The number of furan rings is 2. The highest BCUT2D eigenvalue weighted by Crippen LogP contribution is 2.23. The topological polar surface area (TPSA) is 160 Å². The van der Waals surface area contributed by atoms with Gasteiger partial charge in [-0.2, -0.15) is 11.8 Å². The fourth-order valence-electron chi connectivity index (χ4n) is 4.13. The van der Waals surface area contributed by atoms with Gasteiger partial charge in [-0.1, -0.05) is 59.5 Å². The first kappa shape index (κ1) is 28.9. The number of para-hydroxylation sites is 2. The number of hydrogen-bond donors (Lipinski definition) is 4. The largest absolute Gasteiger partial charge is 0.464 e. The molecule has 0 fully saturated rings. The van der Waals surface area contributed by atoms with Gasteiger partial charge >= 0.3 is 0 Å². The van der Waals surface area contributed by atoms with Gasteiger partial charge in [-0.15, -0.1) is 10.2 Å². The zero-order valence-electron chi connectivity index (χ0n) is 21.9. The Morgan fingerprint density at radius 3 is 2.24 bits per heavy atom. The Bertz CT molecular complexity index is 1660. The number of thioether (sulfide) groups is 2. The standard InChI is InChI=1S/C28H28N6O4S3/c29-23(40-27(30)31-24(35)13-17-15-37-21-7-3-1-5-19(17)21)9-11-39-12-10-26-33-34-28(41-26)32-25(36)14-18-16-38-22-8-4-2-6-20(18)22/h1-8,15-16,23H,9-14,29H2,(H2,30,31,35)(H,32,34,36). The van der Waals surface area contributed by atoms with Crippen molar-refractivity contribution in [2.45, 2.75) is 31.1 Å². The molecule has 1 atom stereocenters. The number of benzene rings is 2. The Hall–Kier alpha value is -3.65. The molecule has 1 unspecified atom stereocenters. The van der Waals surface area contributed by atoms with Crippen LogP contribution in [0, 0.1) is 5.41 Å². The van der Waals surface area contributed by atoms with Gasteiger partial charge < -0.3 is 25.2 Å². The van der Waals surface area contributed by atoms with E-state index in [2.05, 4.69) is 20.8 Å². The average Bonchev–Trinajstić information content (AvgIpc) is 3.68. The van der Waals surface area contributed by atoms with Crippen molar-refractivity contribution in [2.75, 3.05) is 16.8 Å². The van der Waals surface area contributed by atoms with Crippen LogP contribution in [-0.4, -0.2) is 44.1 Å². The van der Waals surface area contributed by atoms with E-state index in [9.17, 15) is 9.59 Å². The molecule has 3 aromatic heterocycles. The first-order chi connectivity index (χ1) is 19.9. The van der Waals surface area contributed by atoms with Gasteiger partial charge in [0.25, 0.3) is 0 Å². The fraction of sp³-hybridized carbons (Fsp3) is 0.250. The van der Waals surface area contributed by atoms with Gasteiger partial charge in [0.1, 0.15) is 16.2 Å². The number of nitrogens with zero attached hydrogens (tertiary/aromatic N) is 2. The van der Waals surface area contributed by atoms with E-state index in [0.717, 1.165) is 67.8 Å². The molecule has 10 nitrogen and oxygen atoms in total. The first-order valence-electron chi connectivity index (χ1n) is 12.9. The summed E-state index contributed by atoms with van der Waals surface area (Å²) in [6.07, 6.45) is 4.92. The van der Waals surface area contributed by atoms with Gasteiger partial charge in [-0.25, -0.2) is 0 Å². The minimum absolute atomic E-state index is 0.0321. The smallest absolute Gasteiger partial charge is 0.230 e. The van der Waals surface area contributed by atoms with E-state index in [1.165, 1.54) is 11.3 Å². The van der Waals surface area contributed by atoms with Crippen molar-refractivity contribution in [2.24, 2.45) is 5.73 Å². The zero-order valence-corrected chi connectivity index (χ0v) is 24.4. The second-order valence-corrected chi connectivity index (χ2v) is 12.6. The monoisotopic (exact) mass is 608 g/mol. The van der Waals surface area contributed by atoms with E-state index in [1.54, 1.807) is 24.3 Å². The van der Waals surface area contributed by atoms with Crippen LogP contribution in [0.5, 0.6) is 0 Å².